The van der Waals surface area contributed by atoms with Gasteiger partial charge >= 0.3 is 18.9 Å². The van der Waals surface area contributed by atoms with E-state index in [4.69, 9.17) is 0 Å². The van der Waals surface area contributed by atoms with E-state index in [1.165, 1.54) is 0 Å². The van der Waals surface area contributed by atoms with Crippen molar-refractivity contribution in [3.63, 3.8) is 0 Å². The Kier molecular flexibility index (Phi) is 3.07. The molecule has 32 valence electrons. The molecule has 1 aliphatic carbocycles. The van der Waals surface area contributed by atoms with Gasteiger partial charge in [-0.1, -0.05) is 6.42 Å². The van der Waals surface area contributed by atoms with Crippen molar-refractivity contribution in [3.05, 3.63) is 12.2 Å². The van der Waals surface area contributed by atoms with E-state index < -0.39 is 0 Å². The van der Waals surface area contributed by atoms with Crippen molar-refractivity contribution < 1.29 is 23.7 Å². The number of hydrogen-bond acceptors (Lipinski definition) is 1. The van der Waals surface area contributed by atoms with Crippen molar-refractivity contribution in [2.75, 3.05) is 0 Å². The molecule has 1 rings (SSSR count). The minimum absolute atomic E-state index is 0. The predicted octanol–water partition coefficient (Wildman–Crippen LogP) is -2.29. The largest absolute Gasteiger partial charge is 1.00 e. The molecule has 0 bridgehead atoms. The van der Waals surface area contributed by atoms with Crippen molar-refractivity contribution in [2.24, 2.45) is 0 Å². The molecule has 1 aliphatic rings. The van der Waals surface area contributed by atoms with Crippen molar-refractivity contribution in [1.29, 1.82) is 0 Å². The van der Waals surface area contributed by atoms with E-state index >= 15 is 0 Å². The van der Waals surface area contributed by atoms with E-state index in [0.717, 1.165) is 6.42 Å². The summed E-state index contributed by atoms with van der Waals surface area (Å²) in [5.74, 6) is 0.148. The van der Waals surface area contributed by atoms with Crippen LogP contribution in [0.4, 0.5) is 0 Å². The average Bonchev–Trinajstić information content (AvgIpc) is 1.86. The van der Waals surface area contributed by atoms with Crippen LogP contribution in [0.25, 0.3) is 0 Å². The van der Waals surface area contributed by atoms with Gasteiger partial charge in [0.15, 0.2) is 0 Å². The molecule has 1 nitrogen and oxygen atoms in total. The Bertz CT molecular complexity index is 96.3. The summed E-state index contributed by atoms with van der Waals surface area (Å²) in [5.41, 5.74) is 0. The standard InChI is InChI=1S/C5H5O.Li/c6-5-3-1-2-4-5;/h1H,2,4H2;/q-1;+1. The summed E-state index contributed by atoms with van der Waals surface area (Å²) in [4.78, 5) is 10.1. The van der Waals surface area contributed by atoms with Gasteiger partial charge < -0.3 is 10.9 Å². The normalized spacial score (nSPS) is 16.9. The Hall–Kier alpha value is 0.00740. The van der Waals surface area contributed by atoms with Gasteiger partial charge in [-0.05, 0) is 12.2 Å². The molecule has 0 heterocycles. The monoisotopic (exact) mass is 88.1 g/mol. The summed E-state index contributed by atoms with van der Waals surface area (Å²) in [6, 6.07) is 0. The summed E-state index contributed by atoms with van der Waals surface area (Å²) < 4.78 is 0. The van der Waals surface area contributed by atoms with Gasteiger partial charge in [-0.25, -0.2) is 0 Å². The Labute approximate surface area is 55.0 Å². The Morgan fingerprint density at radius 2 is 2.43 bits per heavy atom. The molecular formula is C5H5LiO. The molecule has 0 spiro atoms. The van der Waals surface area contributed by atoms with E-state index in [2.05, 4.69) is 6.08 Å². The second kappa shape index (κ2) is 3.07. The molecule has 0 fully saturated rings. The minimum atomic E-state index is 0. The van der Waals surface area contributed by atoms with Gasteiger partial charge in [0, 0.05) is 0 Å². The third-order valence-electron chi connectivity index (χ3n) is 0.779. The van der Waals surface area contributed by atoms with Gasteiger partial charge in [0.25, 0.3) is 0 Å². The molecule has 0 aromatic rings. The maximum atomic E-state index is 10.1. The van der Waals surface area contributed by atoms with Crippen LogP contribution in [0.3, 0.4) is 0 Å². The first-order chi connectivity index (χ1) is 2.89. The number of ketones is 1. The second-order valence-electron chi connectivity index (χ2n) is 1.31. The smallest absolute Gasteiger partial charge is 0.431 e. The fraction of sp³-hybridized carbons (Fsp3) is 0.400. The molecular weight excluding hydrogens is 83.0 g/mol. The predicted molar refractivity (Wildman–Crippen MR) is 22.1 cm³/mol. The SMILES string of the molecule is O=C1[C-]=CCC1.[Li+]. The molecule has 0 saturated heterocycles. The van der Waals surface area contributed by atoms with E-state index in [1.54, 1.807) is 6.08 Å². The topological polar surface area (TPSA) is 17.1 Å². The van der Waals surface area contributed by atoms with E-state index in [9.17, 15) is 4.79 Å². The van der Waals surface area contributed by atoms with Crippen molar-refractivity contribution >= 4 is 5.78 Å². The van der Waals surface area contributed by atoms with Crippen LogP contribution < -0.4 is 18.9 Å². The molecule has 0 amide bonds. The number of allylic oxidation sites excluding steroid dienone is 2. The quantitative estimate of drug-likeness (QED) is 0.241. The Morgan fingerprint density at radius 3 is 2.57 bits per heavy atom. The van der Waals surface area contributed by atoms with Gasteiger partial charge in [-0.2, -0.15) is 0 Å². The zero-order chi connectivity index (χ0) is 4.41. The molecule has 0 unspecified atom stereocenters. The molecule has 0 aliphatic heterocycles. The Balaban J connectivity index is 0.000000360. The third-order valence-corrected chi connectivity index (χ3v) is 0.779. The van der Waals surface area contributed by atoms with Gasteiger partial charge in [-0.3, -0.25) is 6.08 Å². The van der Waals surface area contributed by atoms with Crippen LogP contribution >= 0.6 is 0 Å². The van der Waals surface area contributed by atoms with Crippen LogP contribution in [-0.2, 0) is 4.79 Å². The summed E-state index contributed by atoms with van der Waals surface area (Å²) in [6.07, 6.45) is 5.92. The molecule has 0 aromatic heterocycles. The average molecular weight is 88.0 g/mol. The molecule has 0 aromatic carbocycles. The number of carbonyl (C=O) groups excluding carboxylic acids is 1. The molecule has 0 N–H and O–H groups in total. The van der Waals surface area contributed by atoms with E-state index in [1.807, 2.05) is 0 Å². The van der Waals surface area contributed by atoms with Crippen molar-refractivity contribution in [2.45, 2.75) is 12.8 Å². The first kappa shape index (κ1) is 7.01. The number of rotatable bonds is 0. The summed E-state index contributed by atoms with van der Waals surface area (Å²) >= 11 is 0. The van der Waals surface area contributed by atoms with Crippen molar-refractivity contribution in [3.8, 4) is 0 Å². The molecule has 0 radical (unpaired) electrons. The van der Waals surface area contributed by atoms with Crippen LogP contribution in [0, 0.1) is 6.08 Å². The van der Waals surface area contributed by atoms with Crippen LogP contribution in [-0.4, -0.2) is 5.78 Å². The maximum Gasteiger partial charge on any atom is 1.00 e. The van der Waals surface area contributed by atoms with E-state index in [-0.39, 0.29) is 24.6 Å². The number of Topliss-reactive ketones (excluding diaryl/α,β-unsaturated/α-hetero) is 1. The van der Waals surface area contributed by atoms with Gasteiger partial charge in [-0.15, -0.1) is 0 Å². The van der Waals surface area contributed by atoms with Gasteiger partial charge in [0.1, 0.15) is 0 Å². The number of hydrogen-bond donors (Lipinski definition) is 0. The minimum Gasteiger partial charge on any atom is -0.431 e. The first-order valence-corrected chi connectivity index (χ1v) is 2.00. The molecule has 2 heteroatoms. The zero-order valence-electron chi connectivity index (χ0n) is 4.40. The third kappa shape index (κ3) is 1.96. The van der Waals surface area contributed by atoms with Crippen LogP contribution in [0.15, 0.2) is 6.08 Å². The van der Waals surface area contributed by atoms with Gasteiger partial charge in [0.05, 0.1) is 0 Å². The molecule has 0 atom stereocenters. The van der Waals surface area contributed by atoms with Crippen LogP contribution in [0.1, 0.15) is 12.8 Å². The summed E-state index contributed by atoms with van der Waals surface area (Å²) in [7, 11) is 0. The maximum absolute atomic E-state index is 10.1. The molecule has 0 saturated carbocycles. The fourth-order valence-electron chi connectivity index (χ4n) is 0.461. The van der Waals surface area contributed by atoms with Crippen LogP contribution in [0.2, 0.25) is 0 Å². The fourth-order valence-corrected chi connectivity index (χ4v) is 0.461. The molecule has 7 heavy (non-hydrogen) atoms. The van der Waals surface area contributed by atoms with E-state index in [0.29, 0.717) is 6.42 Å². The number of carbonyl (C=O) groups is 1. The first-order valence-electron chi connectivity index (χ1n) is 2.00. The summed E-state index contributed by atoms with van der Waals surface area (Å²) in [5, 5.41) is 0. The van der Waals surface area contributed by atoms with Crippen LogP contribution in [0.5, 0.6) is 0 Å². The van der Waals surface area contributed by atoms with Crippen molar-refractivity contribution in [1.82, 2.24) is 0 Å². The van der Waals surface area contributed by atoms with Gasteiger partial charge in [0.2, 0.25) is 0 Å². The Morgan fingerprint density at radius 1 is 1.71 bits per heavy atom. The second-order valence-corrected chi connectivity index (χ2v) is 1.31. The zero-order valence-corrected chi connectivity index (χ0v) is 4.40. The summed E-state index contributed by atoms with van der Waals surface area (Å²) in [6.45, 7) is 0.